The molecule has 1 aromatic carbocycles. The number of nitrogens with two attached hydrogens (primary N) is 1. The Kier molecular flexibility index (Phi) is 3.24. The van der Waals surface area contributed by atoms with E-state index in [1.165, 1.54) is 11.3 Å². The van der Waals surface area contributed by atoms with Crippen molar-refractivity contribution in [3.63, 3.8) is 0 Å². The third kappa shape index (κ3) is 2.53. The Bertz CT molecular complexity index is 560. The van der Waals surface area contributed by atoms with Crippen LogP contribution in [-0.2, 0) is 6.42 Å². The lowest BCUT2D eigenvalue weighted by Gasteiger charge is -2.06. The number of ketones is 1. The monoisotopic (exact) mass is 246 g/mol. The lowest BCUT2D eigenvalue weighted by molar-refractivity contribution is 0.0992. The maximum absolute atomic E-state index is 12.1. The predicted molar refractivity (Wildman–Crippen MR) is 70.5 cm³/mol. The van der Waals surface area contributed by atoms with Crippen molar-refractivity contribution >= 4 is 22.8 Å². The summed E-state index contributed by atoms with van der Waals surface area (Å²) in [7, 11) is 0. The molecule has 17 heavy (non-hydrogen) atoms. The van der Waals surface area contributed by atoms with E-state index in [-0.39, 0.29) is 5.78 Å². The molecule has 1 heterocycles. The van der Waals surface area contributed by atoms with Crippen LogP contribution in [0.4, 0.5) is 5.69 Å². The summed E-state index contributed by atoms with van der Waals surface area (Å²) in [5.74, 6) is 0.0733. The molecule has 0 aliphatic heterocycles. The maximum atomic E-state index is 12.1. The van der Waals surface area contributed by atoms with E-state index in [2.05, 4.69) is 4.98 Å². The van der Waals surface area contributed by atoms with Gasteiger partial charge in [-0.1, -0.05) is 12.1 Å². The first-order chi connectivity index (χ1) is 8.08. The van der Waals surface area contributed by atoms with Gasteiger partial charge in [-0.2, -0.15) is 0 Å². The number of aryl methyl sites for hydroxylation is 1. The molecule has 2 N–H and O–H groups in total. The largest absolute Gasteiger partial charge is 0.398 e. The van der Waals surface area contributed by atoms with Crippen molar-refractivity contribution < 1.29 is 4.79 Å². The number of thiazole rings is 1. The van der Waals surface area contributed by atoms with Gasteiger partial charge in [0.2, 0.25) is 0 Å². The third-order valence-corrected chi connectivity index (χ3v) is 3.62. The average molecular weight is 246 g/mol. The van der Waals surface area contributed by atoms with Gasteiger partial charge in [-0.05, 0) is 25.5 Å². The molecule has 0 amide bonds. The van der Waals surface area contributed by atoms with E-state index in [0.29, 0.717) is 17.7 Å². The molecule has 0 fully saturated rings. The summed E-state index contributed by atoms with van der Waals surface area (Å²) < 4.78 is 0. The minimum Gasteiger partial charge on any atom is -0.398 e. The quantitative estimate of drug-likeness (QED) is 0.669. The van der Waals surface area contributed by atoms with Crippen molar-refractivity contribution in [2.24, 2.45) is 0 Å². The van der Waals surface area contributed by atoms with Crippen LogP contribution in [-0.4, -0.2) is 10.8 Å². The first-order valence-electron chi connectivity index (χ1n) is 5.37. The van der Waals surface area contributed by atoms with E-state index in [9.17, 15) is 4.79 Å². The number of benzene rings is 1. The van der Waals surface area contributed by atoms with Crippen molar-refractivity contribution in [2.75, 3.05) is 5.73 Å². The zero-order valence-electron chi connectivity index (χ0n) is 9.86. The highest BCUT2D eigenvalue weighted by Gasteiger charge is 2.12. The van der Waals surface area contributed by atoms with Crippen molar-refractivity contribution in [3.05, 3.63) is 45.4 Å². The van der Waals surface area contributed by atoms with Crippen molar-refractivity contribution in [1.82, 2.24) is 4.98 Å². The number of hydrogen-bond donors (Lipinski definition) is 1. The van der Waals surface area contributed by atoms with Gasteiger partial charge < -0.3 is 5.73 Å². The van der Waals surface area contributed by atoms with Gasteiger partial charge >= 0.3 is 0 Å². The molecule has 2 rings (SSSR count). The van der Waals surface area contributed by atoms with Crippen LogP contribution in [0.5, 0.6) is 0 Å². The Hall–Kier alpha value is -1.68. The summed E-state index contributed by atoms with van der Waals surface area (Å²) >= 11 is 1.52. The smallest absolute Gasteiger partial charge is 0.170 e. The van der Waals surface area contributed by atoms with Gasteiger partial charge in [0.1, 0.15) is 5.01 Å². The summed E-state index contributed by atoms with van der Waals surface area (Å²) in [5, 5.41) is 2.81. The minimum absolute atomic E-state index is 0.0733. The fraction of sp³-hybridized carbons (Fsp3) is 0.231. The van der Waals surface area contributed by atoms with E-state index in [0.717, 1.165) is 16.3 Å². The van der Waals surface area contributed by atoms with Crippen LogP contribution in [0.2, 0.25) is 0 Å². The van der Waals surface area contributed by atoms with Gasteiger partial charge in [0.05, 0.1) is 6.42 Å². The standard InChI is InChI=1S/C13H14N2OS/c1-8-7-17-13(15-8)6-12(16)10-4-3-5-11(14)9(10)2/h3-5,7H,6,14H2,1-2H3. The van der Waals surface area contributed by atoms with E-state index >= 15 is 0 Å². The number of aromatic nitrogens is 1. The first kappa shape index (κ1) is 11.8. The predicted octanol–water partition coefficient (Wildman–Crippen LogP) is 2.77. The number of carbonyl (C=O) groups is 1. The van der Waals surface area contributed by atoms with E-state index in [4.69, 9.17) is 5.73 Å². The molecule has 0 radical (unpaired) electrons. The molecule has 3 nitrogen and oxygen atoms in total. The Morgan fingerprint density at radius 2 is 2.18 bits per heavy atom. The number of anilines is 1. The number of nitrogens with zero attached hydrogens (tertiary/aromatic N) is 1. The lowest BCUT2D eigenvalue weighted by Crippen LogP contribution is -2.07. The number of rotatable bonds is 3. The summed E-state index contributed by atoms with van der Waals surface area (Å²) in [6.07, 6.45) is 0.350. The van der Waals surface area contributed by atoms with Gasteiger partial charge in [0.15, 0.2) is 5.78 Å². The van der Waals surface area contributed by atoms with Gasteiger partial charge in [0.25, 0.3) is 0 Å². The highest BCUT2D eigenvalue weighted by molar-refractivity contribution is 7.09. The molecule has 0 bridgehead atoms. The zero-order chi connectivity index (χ0) is 12.4. The Morgan fingerprint density at radius 1 is 1.41 bits per heavy atom. The molecule has 4 heteroatoms. The molecule has 0 unspecified atom stereocenters. The molecule has 0 saturated heterocycles. The highest BCUT2D eigenvalue weighted by Crippen LogP contribution is 2.18. The van der Waals surface area contributed by atoms with Gasteiger partial charge in [0, 0.05) is 22.3 Å². The van der Waals surface area contributed by atoms with E-state index < -0.39 is 0 Å². The lowest BCUT2D eigenvalue weighted by atomic mass is 10.0. The molecular weight excluding hydrogens is 232 g/mol. The maximum Gasteiger partial charge on any atom is 0.170 e. The van der Waals surface area contributed by atoms with Crippen LogP contribution in [0.15, 0.2) is 23.6 Å². The third-order valence-electron chi connectivity index (χ3n) is 2.65. The fourth-order valence-electron chi connectivity index (χ4n) is 1.67. The molecule has 88 valence electrons. The zero-order valence-corrected chi connectivity index (χ0v) is 10.7. The SMILES string of the molecule is Cc1csc(CC(=O)c2cccc(N)c2C)n1. The summed E-state index contributed by atoms with van der Waals surface area (Å²) in [6, 6.07) is 5.43. The molecule has 1 aromatic heterocycles. The number of nitrogen functional groups attached to an aromatic ring is 1. The van der Waals surface area contributed by atoms with Crippen LogP contribution in [0.25, 0.3) is 0 Å². The molecular formula is C13H14N2OS. The minimum atomic E-state index is 0.0733. The molecule has 0 atom stereocenters. The van der Waals surface area contributed by atoms with Gasteiger partial charge in [-0.3, -0.25) is 4.79 Å². The van der Waals surface area contributed by atoms with Crippen molar-refractivity contribution in [3.8, 4) is 0 Å². The normalized spacial score (nSPS) is 10.5. The Balaban J connectivity index is 2.23. The first-order valence-corrected chi connectivity index (χ1v) is 6.25. The van der Waals surface area contributed by atoms with Crippen molar-refractivity contribution in [1.29, 1.82) is 0 Å². The molecule has 2 aromatic rings. The number of carbonyl (C=O) groups excluding carboxylic acids is 1. The number of hydrogen-bond acceptors (Lipinski definition) is 4. The number of Topliss-reactive ketones (excluding diaryl/α,β-unsaturated/α-hetero) is 1. The van der Waals surface area contributed by atoms with Crippen LogP contribution >= 0.6 is 11.3 Å². The Morgan fingerprint density at radius 3 is 2.82 bits per heavy atom. The second-order valence-corrected chi connectivity index (χ2v) is 4.95. The summed E-state index contributed by atoms with van der Waals surface area (Å²) in [6.45, 7) is 3.80. The van der Waals surface area contributed by atoms with Gasteiger partial charge in [-0.15, -0.1) is 11.3 Å². The summed E-state index contributed by atoms with van der Waals surface area (Å²) in [4.78, 5) is 16.4. The van der Waals surface area contributed by atoms with Gasteiger partial charge in [-0.25, -0.2) is 4.98 Å². The molecule has 0 aliphatic carbocycles. The van der Waals surface area contributed by atoms with E-state index in [1.54, 1.807) is 6.07 Å². The van der Waals surface area contributed by atoms with Crippen LogP contribution in [0, 0.1) is 13.8 Å². The van der Waals surface area contributed by atoms with Crippen molar-refractivity contribution in [2.45, 2.75) is 20.3 Å². The average Bonchev–Trinajstić information content (AvgIpc) is 2.68. The molecule has 0 saturated carbocycles. The second-order valence-electron chi connectivity index (χ2n) is 4.00. The van der Waals surface area contributed by atoms with E-state index in [1.807, 2.05) is 31.4 Å². The Labute approximate surface area is 104 Å². The van der Waals surface area contributed by atoms with Crippen LogP contribution in [0.1, 0.15) is 26.6 Å². The second kappa shape index (κ2) is 4.67. The van der Waals surface area contributed by atoms with Crippen LogP contribution in [0.3, 0.4) is 0 Å². The topological polar surface area (TPSA) is 56.0 Å². The molecule has 0 aliphatic rings. The molecule has 0 spiro atoms. The van der Waals surface area contributed by atoms with Crippen LogP contribution < -0.4 is 5.73 Å². The highest BCUT2D eigenvalue weighted by atomic mass is 32.1. The summed E-state index contributed by atoms with van der Waals surface area (Å²) in [5.41, 5.74) is 8.95. The fourth-order valence-corrected chi connectivity index (χ4v) is 2.44.